The van der Waals surface area contributed by atoms with Crippen molar-refractivity contribution in [2.75, 3.05) is 0 Å². The highest BCUT2D eigenvalue weighted by Gasteiger charge is 2.10. The van der Waals surface area contributed by atoms with Crippen LogP contribution in [-0.2, 0) is 19.8 Å². The van der Waals surface area contributed by atoms with Crippen LogP contribution < -0.4 is 9.13 Å². The summed E-state index contributed by atoms with van der Waals surface area (Å²) < 4.78 is 8.56. The highest BCUT2D eigenvalue weighted by Crippen LogP contribution is 1.98. The maximum Gasteiger partial charge on any atom is 0.247 e. The molecule has 0 radical (unpaired) electrons. The second-order valence-electron chi connectivity index (χ2n) is 5.98. The van der Waals surface area contributed by atoms with Crippen molar-refractivity contribution in [2.45, 2.75) is 19.8 Å². The summed E-state index contributed by atoms with van der Waals surface area (Å²) in [5.74, 6) is 0. The molecule has 0 spiro atoms. The molecule has 0 fully saturated rings. The Morgan fingerprint density at radius 1 is 0.720 bits per heavy atom. The van der Waals surface area contributed by atoms with Crippen molar-refractivity contribution in [3.63, 3.8) is 0 Å². The van der Waals surface area contributed by atoms with Gasteiger partial charge in [0.15, 0.2) is 0 Å². The van der Waals surface area contributed by atoms with E-state index >= 15 is 0 Å². The molecule has 0 aliphatic rings. The highest BCUT2D eigenvalue weighted by atomic mass is 15.2. The molecule has 0 bridgehead atoms. The lowest BCUT2D eigenvalue weighted by molar-refractivity contribution is -0.912. The van der Waals surface area contributed by atoms with Gasteiger partial charge in [-0.05, 0) is 24.3 Å². The molecule has 25 heavy (non-hydrogen) atoms. The van der Waals surface area contributed by atoms with Gasteiger partial charge in [0.2, 0.25) is 19.3 Å². The van der Waals surface area contributed by atoms with Crippen LogP contribution in [0.15, 0.2) is 86.2 Å². The van der Waals surface area contributed by atoms with E-state index in [-0.39, 0.29) is 0 Å². The van der Waals surface area contributed by atoms with E-state index in [1.54, 1.807) is 0 Å². The van der Waals surface area contributed by atoms with E-state index in [1.165, 1.54) is 0 Å². The molecule has 0 saturated heterocycles. The summed E-state index contributed by atoms with van der Waals surface area (Å²) in [7, 11) is 0. The number of pyridine rings is 2. The maximum absolute atomic E-state index is 4.37. The zero-order valence-corrected chi connectivity index (χ0v) is 13.9. The van der Waals surface area contributed by atoms with Gasteiger partial charge in [0.1, 0.15) is 37.9 Å². The van der Waals surface area contributed by atoms with Crippen LogP contribution in [0.2, 0.25) is 0 Å². The quantitative estimate of drug-likeness (QED) is 0.499. The third-order valence-corrected chi connectivity index (χ3v) is 3.96. The minimum Gasteiger partial charge on any atom is -0.257 e. The maximum atomic E-state index is 4.37. The van der Waals surface area contributed by atoms with Gasteiger partial charge in [-0.2, -0.15) is 9.13 Å². The van der Waals surface area contributed by atoms with Crippen molar-refractivity contribution in [2.24, 2.45) is 0 Å². The molecule has 6 heteroatoms. The topological polar surface area (TPSA) is 43.4 Å². The van der Waals surface area contributed by atoms with Gasteiger partial charge in [0.25, 0.3) is 0 Å². The SMILES string of the molecule is c1ccc(Cn2cc[n+](C[n+]3ccn(Cc4ccccn4)c3)c2)nc1. The van der Waals surface area contributed by atoms with Gasteiger partial charge in [-0.3, -0.25) is 9.97 Å². The van der Waals surface area contributed by atoms with Gasteiger partial charge < -0.3 is 0 Å². The molecule has 0 unspecified atom stereocenters. The first-order valence-electron chi connectivity index (χ1n) is 8.25. The number of imidazole rings is 2. The summed E-state index contributed by atoms with van der Waals surface area (Å²) in [5, 5.41) is 0. The number of hydrogen-bond donors (Lipinski definition) is 0. The fraction of sp³-hybridized carbons (Fsp3) is 0.158. The predicted octanol–water partition coefficient (Wildman–Crippen LogP) is 1.26. The van der Waals surface area contributed by atoms with Gasteiger partial charge in [-0.1, -0.05) is 12.1 Å². The summed E-state index contributed by atoms with van der Waals surface area (Å²) in [5.41, 5.74) is 2.11. The van der Waals surface area contributed by atoms with Crippen LogP contribution in [0.5, 0.6) is 0 Å². The molecule has 124 valence electrons. The monoisotopic (exact) mass is 332 g/mol. The molecular weight excluding hydrogens is 312 g/mol. The number of hydrogen-bond acceptors (Lipinski definition) is 2. The summed E-state index contributed by atoms with van der Waals surface area (Å²) in [6.07, 6.45) is 16.1. The van der Waals surface area contributed by atoms with Crippen LogP contribution in [0.25, 0.3) is 0 Å². The zero-order chi connectivity index (χ0) is 16.9. The zero-order valence-electron chi connectivity index (χ0n) is 13.9. The molecule has 0 aromatic carbocycles. The normalized spacial score (nSPS) is 10.9. The van der Waals surface area contributed by atoms with Crippen molar-refractivity contribution < 1.29 is 9.13 Å². The van der Waals surface area contributed by atoms with Crippen molar-refractivity contribution in [1.82, 2.24) is 19.1 Å². The van der Waals surface area contributed by atoms with E-state index in [0.29, 0.717) is 0 Å². The van der Waals surface area contributed by atoms with E-state index in [1.807, 2.05) is 48.8 Å². The summed E-state index contributed by atoms with van der Waals surface area (Å²) in [6, 6.07) is 12.0. The van der Waals surface area contributed by atoms with Crippen LogP contribution in [-0.4, -0.2) is 19.1 Å². The van der Waals surface area contributed by atoms with Gasteiger partial charge in [0, 0.05) is 12.4 Å². The Hall–Kier alpha value is -3.28. The van der Waals surface area contributed by atoms with E-state index in [0.717, 1.165) is 31.1 Å². The largest absolute Gasteiger partial charge is 0.257 e. The average Bonchev–Trinajstić information content (AvgIpc) is 3.27. The van der Waals surface area contributed by atoms with E-state index < -0.39 is 0 Å². The van der Waals surface area contributed by atoms with Gasteiger partial charge in [0.05, 0.1) is 11.4 Å². The Kier molecular flexibility index (Phi) is 4.33. The summed E-state index contributed by atoms with van der Waals surface area (Å²) in [4.78, 5) is 8.73. The van der Waals surface area contributed by atoms with Crippen molar-refractivity contribution in [3.8, 4) is 0 Å². The molecule has 4 aromatic heterocycles. The van der Waals surface area contributed by atoms with E-state index in [4.69, 9.17) is 0 Å². The molecule has 0 atom stereocenters. The fourth-order valence-corrected chi connectivity index (χ4v) is 2.78. The Balaban J connectivity index is 1.39. The first-order valence-corrected chi connectivity index (χ1v) is 8.25. The van der Waals surface area contributed by atoms with Gasteiger partial charge >= 0.3 is 0 Å². The highest BCUT2D eigenvalue weighted by molar-refractivity contribution is 5.04. The first kappa shape index (κ1) is 15.3. The predicted molar refractivity (Wildman–Crippen MR) is 91.3 cm³/mol. The third-order valence-electron chi connectivity index (χ3n) is 3.96. The molecule has 0 aliphatic carbocycles. The summed E-state index contributed by atoms with van der Waals surface area (Å²) in [6.45, 7) is 2.32. The van der Waals surface area contributed by atoms with Crippen LogP contribution in [0.3, 0.4) is 0 Å². The van der Waals surface area contributed by atoms with Crippen LogP contribution in [0.1, 0.15) is 11.4 Å². The Morgan fingerprint density at radius 3 is 1.68 bits per heavy atom. The van der Waals surface area contributed by atoms with Crippen LogP contribution >= 0.6 is 0 Å². The minimum atomic E-state index is 0.768. The molecule has 4 rings (SSSR count). The minimum absolute atomic E-state index is 0.768. The molecule has 0 N–H and O–H groups in total. The molecule has 0 amide bonds. The molecule has 6 nitrogen and oxygen atoms in total. The molecule has 4 aromatic rings. The number of aromatic nitrogens is 6. The lowest BCUT2D eigenvalue weighted by Gasteiger charge is -1.96. The van der Waals surface area contributed by atoms with Gasteiger partial charge in [-0.25, -0.2) is 9.13 Å². The molecule has 0 aliphatic heterocycles. The van der Waals surface area contributed by atoms with Crippen molar-refractivity contribution in [3.05, 3.63) is 97.6 Å². The van der Waals surface area contributed by atoms with Crippen molar-refractivity contribution >= 4 is 0 Å². The van der Waals surface area contributed by atoms with E-state index in [9.17, 15) is 0 Å². The van der Waals surface area contributed by atoms with Gasteiger partial charge in [-0.15, -0.1) is 0 Å². The van der Waals surface area contributed by atoms with Crippen molar-refractivity contribution in [1.29, 1.82) is 0 Å². The lowest BCUT2D eigenvalue weighted by Crippen LogP contribution is -2.49. The molecule has 4 heterocycles. The summed E-state index contributed by atoms with van der Waals surface area (Å²) >= 11 is 0. The first-order chi connectivity index (χ1) is 12.3. The molecular formula is C19H20N6+2. The lowest BCUT2D eigenvalue weighted by atomic mass is 10.3. The Bertz CT molecular complexity index is 849. The van der Waals surface area contributed by atoms with Crippen LogP contribution in [0, 0.1) is 0 Å². The standard InChI is InChI=1S/C19H20N6/c1-3-7-20-18(5-1)13-22-9-11-24(15-22)17-25-12-10-23(16-25)14-19-6-2-4-8-21-19/h1-12,15-16H,13-14,17H2/q+2. The third kappa shape index (κ3) is 3.98. The number of nitrogens with zero attached hydrogens (tertiary/aromatic N) is 6. The number of rotatable bonds is 6. The Morgan fingerprint density at radius 2 is 1.24 bits per heavy atom. The fourth-order valence-electron chi connectivity index (χ4n) is 2.78. The second-order valence-corrected chi connectivity index (χ2v) is 5.98. The van der Waals surface area contributed by atoms with Crippen LogP contribution in [0.4, 0.5) is 0 Å². The molecule has 0 saturated carbocycles. The Labute approximate surface area is 146 Å². The van der Waals surface area contributed by atoms with E-state index in [2.05, 4.69) is 65.7 Å². The average molecular weight is 332 g/mol. The smallest absolute Gasteiger partial charge is 0.247 e. The second kappa shape index (κ2) is 7.09.